The zero-order valence-corrected chi connectivity index (χ0v) is 23.8. The second kappa shape index (κ2) is 12.5. The van der Waals surface area contributed by atoms with E-state index in [1.165, 1.54) is 11.1 Å². The van der Waals surface area contributed by atoms with E-state index in [-0.39, 0.29) is 11.8 Å². The van der Waals surface area contributed by atoms with Crippen molar-refractivity contribution in [2.75, 3.05) is 39.3 Å². The lowest BCUT2D eigenvalue weighted by Crippen LogP contribution is -2.31. The Hall–Kier alpha value is -5.25. The van der Waals surface area contributed by atoms with Crippen LogP contribution in [-0.4, -0.2) is 67.3 Å². The third kappa shape index (κ3) is 5.64. The standard InChI is InChI=1S/C32H32N6O4/c1-34-19-21(18-33)30-20-35-28-11-10-22(16-29(28)36-30)37(23-14-24(41-2)17-25(15-23)42-3)12-6-7-13-38-31(39)26-8-4-5-9-27(26)32(38)40/h4-5,8-11,14-20H,6-7,12-13,33H2,1-3H3. The number of aromatic nitrogens is 2. The third-order valence-electron chi connectivity index (χ3n) is 7.12. The normalized spacial score (nSPS) is 13.2. The van der Waals surface area contributed by atoms with E-state index < -0.39 is 0 Å². The van der Waals surface area contributed by atoms with Gasteiger partial charge in [0.1, 0.15) is 11.5 Å². The maximum absolute atomic E-state index is 12.8. The Balaban J connectivity index is 1.43. The topological polar surface area (TPSA) is 123 Å². The summed E-state index contributed by atoms with van der Waals surface area (Å²) in [5.74, 6) is 0.820. The fourth-order valence-corrected chi connectivity index (χ4v) is 4.98. The van der Waals surface area contributed by atoms with E-state index in [9.17, 15) is 9.59 Å². The van der Waals surface area contributed by atoms with E-state index in [4.69, 9.17) is 20.2 Å². The van der Waals surface area contributed by atoms with Gasteiger partial charge in [-0.25, -0.2) is 4.98 Å². The number of carbonyl (C=O) groups excluding carboxylic acids is 2. The van der Waals surface area contributed by atoms with Crippen molar-refractivity contribution in [3.05, 3.63) is 89.9 Å². The molecule has 0 unspecified atom stereocenters. The molecule has 1 aromatic heterocycles. The van der Waals surface area contributed by atoms with Gasteiger partial charge in [0.05, 0.1) is 48.3 Å². The van der Waals surface area contributed by atoms with E-state index in [2.05, 4.69) is 14.9 Å². The molecule has 0 saturated carbocycles. The molecule has 0 bridgehead atoms. The van der Waals surface area contributed by atoms with Crippen molar-refractivity contribution >= 4 is 46.0 Å². The Morgan fingerprint density at radius 3 is 2.24 bits per heavy atom. The molecule has 0 saturated heterocycles. The van der Waals surface area contributed by atoms with Crippen LogP contribution in [0.15, 0.2) is 78.1 Å². The number of benzene rings is 3. The van der Waals surface area contributed by atoms with Crippen LogP contribution in [0.25, 0.3) is 16.6 Å². The van der Waals surface area contributed by atoms with E-state index >= 15 is 0 Å². The smallest absolute Gasteiger partial charge is 0.261 e. The van der Waals surface area contributed by atoms with Gasteiger partial charge in [0, 0.05) is 67.7 Å². The largest absolute Gasteiger partial charge is 0.497 e. The average Bonchev–Trinajstić information content (AvgIpc) is 3.27. The quantitative estimate of drug-likeness (QED) is 0.156. The van der Waals surface area contributed by atoms with Crippen LogP contribution in [-0.2, 0) is 0 Å². The number of unbranched alkanes of at least 4 members (excludes halogenated alkanes) is 1. The first-order chi connectivity index (χ1) is 20.5. The number of hydrogen-bond donors (Lipinski definition) is 1. The van der Waals surface area contributed by atoms with Gasteiger partial charge in [0.15, 0.2) is 0 Å². The Bertz CT molecular complexity index is 1640. The molecule has 10 heteroatoms. The van der Waals surface area contributed by atoms with E-state index in [1.807, 2.05) is 36.4 Å². The molecule has 214 valence electrons. The number of aliphatic imine (C=N–C) groups is 1. The Labute approximate surface area is 244 Å². The molecule has 42 heavy (non-hydrogen) atoms. The molecule has 0 aliphatic carbocycles. The molecule has 0 atom stereocenters. The second-order valence-corrected chi connectivity index (χ2v) is 9.67. The molecule has 2 N–H and O–H groups in total. The number of allylic oxidation sites excluding steroid dienone is 1. The third-order valence-corrected chi connectivity index (χ3v) is 7.12. The van der Waals surface area contributed by atoms with Gasteiger partial charge in [-0.05, 0) is 43.2 Å². The van der Waals surface area contributed by atoms with Gasteiger partial charge in [0.25, 0.3) is 11.8 Å². The number of nitrogens with two attached hydrogens (primary N) is 1. The molecule has 1 aliphatic heterocycles. The van der Waals surface area contributed by atoms with Gasteiger partial charge in [-0.2, -0.15) is 0 Å². The SMILES string of the molecule is CN=CC(=CN)c1cnc2ccc(N(CCCCN3C(=O)c4ccccc4C3=O)c3cc(OC)cc(OC)c3)cc2n1. The Morgan fingerprint density at radius 1 is 0.929 bits per heavy atom. The zero-order valence-electron chi connectivity index (χ0n) is 23.8. The first kappa shape index (κ1) is 28.3. The van der Waals surface area contributed by atoms with Crippen molar-refractivity contribution in [3.63, 3.8) is 0 Å². The maximum Gasteiger partial charge on any atom is 0.261 e. The number of amides is 2. The van der Waals surface area contributed by atoms with Crippen LogP contribution in [0.3, 0.4) is 0 Å². The lowest BCUT2D eigenvalue weighted by molar-refractivity contribution is 0.0652. The summed E-state index contributed by atoms with van der Waals surface area (Å²) in [6.45, 7) is 0.927. The lowest BCUT2D eigenvalue weighted by Gasteiger charge is -2.26. The summed E-state index contributed by atoms with van der Waals surface area (Å²) >= 11 is 0. The predicted molar refractivity (Wildman–Crippen MR) is 164 cm³/mol. The number of ether oxygens (including phenoxy) is 2. The maximum atomic E-state index is 12.8. The minimum Gasteiger partial charge on any atom is -0.497 e. The summed E-state index contributed by atoms with van der Waals surface area (Å²) in [4.78, 5) is 42.5. The Morgan fingerprint density at radius 2 is 1.62 bits per heavy atom. The van der Waals surface area contributed by atoms with Gasteiger partial charge in [-0.15, -0.1) is 0 Å². The number of hydrogen-bond acceptors (Lipinski definition) is 9. The van der Waals surface area contributed by atoms with Crippen molar-refractivity contribution in [3.8, 4) is 11.5 Å². The van der Waals surface area contributed by atoms with E-state index in [0.717, 1.165) is 16.9 Å². The van der Waals surface area contributed by atoms with Gasteiger partial charge in [-0.1, -0.05) is 12.1 Å². The summed E-state index contributed by atoms with van der Waals surface area (Å²) in [7, 11) is 4.89. The number of anilines is 2. The highest BCUT2D eigenvalue weighted by atomic mass is 16.5. The molecule has 0 radical (unpaired) electrons. The number of nitrogens with zero attached hydrogens (tertiary/aromatic N) is 5. The van der Waals surface area contributed by atoms with Crippen LogP contribution in [0.5, 0.6) is 11.5 Å². The van der Waals surface area contributed by atoms with Crippen molar-refractivity contribution in [2.24, 2.45) is 10.7 Å². The highest BCUT2D eigenvalue weighted by Crippen LogP contribution is 2.34. The number of carbonyl (C=O) groups is 2. The summed E-state index contributed by atoms with van der Waals surface area (Å²) < 4.78 is 11.1. The van der Waals surface area contributed by atoms with Gasteiger partial charge >= 0.3 is 0 Å². The van der Waals surface area contributed by atoms with E-state index in [0.29, 0.717) is 65.3 Å². The minimum atomic E-state index is -0.243. The van der Waals surface area contributed by atoms with Gasteiger partial charge in [-0.3, -0.25) is 24.5 Å². The van der Waals surface area contributed by atoms with Crippen LogP contribution in [0, 0.1) is 0 Å². The van der Waals surface area contributed by atoms with Crippen molar-refractivity contribution in [1.29, 1.82) is 0 Å². The van der Waals surface area contributed by atoms with Crippen molar-refractivity contribution in [2.45, 2.75) is 12.8 Å². The van der Waals surface area contributed by atoms with Crippen molar-refractivity contribution in [1.82, 2.24) is 14.9 Å². The van der Waals surface area contributed by atoms with Crippen LogP contribution in [0.1, 0.15) is 39.3 Å². The van der Waals surface area contributed by atoms with Crippen LogP contribution < -0.4 is 20.1 Å². The predicted octanol–water partition coefficient (Wildman–Crippen LogP) is 4.86. The van der Waals surface area contributed by atoms with E-state index in [1.54, 1.807) is 57.9 Å². The highest BCUT2D eigenvalue weighted by Gasteiger charge is 2.34. The Kier molecular flexibility index (Phi) is 8.42. The first-order valence-electron chi connectivity index (χ1n) is 13.5. The summed E-state index contributed by atoms with van der Waals surface area (Å²) in [6, 6.07) is 18.5. The number of fused-ring (bicyclic) bond motifs is 2. The minimum absolute atomic E-state index is 0.243. The monoisotopic (exact) mass is 564 g/mol. The fraction of sp³-hybridized carbons (Fsp3) is 0.219. The summed E-state index contributed by atoms with van der Waals surface area (Å²) in [6.07, 6.45) is 6.09. The van der Waals surface area contributed by atoms with Gasteiger partial charge in [0.2, 0.25) is 0 Å². The lowest BCUT2D eigenvalue weighted by atomic mass is 10.1. The fourth-order valence-electron chi connectivity index (χ4n) is 4.98. The molecule has 3 aromatic carbocycles. The highest BCUT2D eigenvalue weighted by molar-refractivity contribution is 6.21. The summed E-state index contributed by atoms with van der Waals surface area (Å²) in [5, 5.41) is 0. The second-order valence-electron chi connectivity index (χ2n) is 9.67. The van der Waals surface area contributed by atoms with Crippen LogP contribution in [0.4, 0.5) is 11.4 Å². The molecule has 0 fully saturated rings. The zero-order chi connectivity index (χ0) is 29.6. The van der Waals surface area contributed by atoms with Crippen molar-refractivity contribution < 1.29 is 19.1 Å². The molecule has 2 amide bonds. The molecule has 5 rings (SSSR count). The number of rotatable bonds is 11. The first-order valence-corrected chi connectivity index (χ1v) is 13.5. The molecular formula is C32H32N6O4. The molecule has 10 nitrogen and oxygen atoms in total. The molecule has 4 aromatic rings. The number of imide groups is 1. The molecule has 2 heterocycles. The number of methoxy groups -OCH3 is 2. The average molecular weight is 565 g/mol. The molecular weight excluding hydrogens is 532 g/mol. The molecule has 1 aliphatic rings. The van der Waals surface area contributed by atoms with Gasteiger partial charge < -0.3 is 20.1 Å². The summed E-state index contributed by atoms with van der Waals surface area (Å²) in [5.41, 5.74) is 11.2. The van der Waals surface area contributed by atoms with Crippen LogP contribution in [0.2, 0.25) is 0 Å². The molecule has 0 spiro atoms. The van der Waals surface area contributed by atoms with Crippen LogP contribution >= 0.6 is 0 Å².